The van der Waals surface area contributed by atoms with Crippen LogP contribution in [0.4, 0.5) is 8.78 Å². The van der Waals surface area contributed by atoms with Crippen LogP contribution in [-0.4, -0.2) is 11.7 Å². The molecule has 0 unspecified atom stereocenters. The quantitative estimate of drug-likeness (QED) is 0.306. The summed E-state index contributed by atoms with van der Waals surface area (Å²) in [4.78, 5) is 12.2. The summed E-state index contributed by atoms with van der Waals surface area (Å²) in [5, 5.41) is 8.88. The van der Waals surface area contributed by atoms with Gasteiger partial charge < -0.3 is 13.7 Å². The van der Waals surface area contributed by atoms with Crippen molar-refractivity contribution in [2.24, 2.45) is 0 Å². The molecule has 148 valence electrons. The summed E-state index contributed by atoms with van der Waals surface area (Å²) in [6, 6.07) is 8.65. The van der Waals surface area contributed by atoms with E-state index in [4.69, 9.17) is 26.2 Å². The third-order valence-corrected chi connectivity index (χ3v) is 5.72. The standard InChI is InChI=1S/C20H12ClF2IN2O3/c1-28-18-15-17(29-20(27)16(18)21)11-6-12(23)13(24)7-14(11)26(19(15)25)8-9-2-4-10(22)5-3-9/h2-7,25H,8H2,1H3. The maximum atomic E-state index is 14.4. The van der Waals surface area contributed by atoms with Crippen LogP contribution in [0.1, 0.15) is 5.56 Å². The number of rotatable bonds is 3. The average Bonchev–Trinajstić information content (AvgIpc) is 2.69. The van der Waals surface area contributed by atoms with Crippen LogP contribution >= 0.6 is 34.2 Å². The third kappa shape index (κ3) is 3.29. The number of methoxy groups -OCH3 is 1. The minimum absolute atomic E-state index is 0.0157. The molecule has 2 aromatic carbocycles. The van der Waals surface area contributed by atoms with Gasteiger partial charge in [0.1, 0.15) is 22.5 Å². The molecule has 0 aliphatic heterocycles. The Morgan fingerprint density at radius 3 is 2.59 bits per heavy atom. The Labute approximate surface area is 181 Å². The van der Waals surface area contributed by atoms with E-state index in [-0.39, 0.29) is 39.6 Å². The fraction of sp³-hybridized carbons (Fsp3) is 0.100. The molecule has 0 amide bonds. The summed E-state index contributed by atoms with van der Waals surface area (Å²) >= 11 is 7.89. The summed E-state index contributed by atoms with van der Waals surface area (Å²) in [6.07, 6.45) is 0. The highest BCUT2D eigenvalue weighted by Crippen LogP contribution is 2.33. The lowest BCUT2D eigenvalue weighted by Gasteiger charge is -2.16. The molecule has 0 bridgehead atoms. The highest BCUT2D eigenvalue weighted by Gasteiger charge is 2.21. The molecule has 2 heterocycles. The fourth-order valence-corrected chi connectivity index (χ4v) is 3.88. The number of nitrogens with zero attached hydrogens (tertiary/aromatic N) is 1. The topological polar surface area (TPSA) is 68.2 Å². The van der Waals surface area contributed by atoms with Gasteiger partial charge in [-0.2, -0.15) is 0 Å². The van der Waals surface area contributed by atoms with Crippen LogP contribution in [0, 0.1) is 20.6 Å². The highest BCUT2D eigenvalue weighted by atomic mass is 127. The van der Waals surface area contributed by atoms with E-state index in [1.165, 1.54) is 25.3 Å². The van der Waals surface area contributed by atoms with E-state index >= 15 is 0 Å². The molecule has 0 radical (unpaired) electrons. The molecule has 0 fully saturated rings. The van der Waals surface area contributed by atoms with Gasteiger partial charge >= 0.3 is 5.63 Å². The zero-order valence-corrected chi connectivity index (χ0v) is 17.8. The first kappa shape index (κ1) is 19.8. The molecule has 2 aromatic heterocycles. The van der Waals surface area contributed by atoms with Crippen molar-refractivity contribution in [1.29, 1.82) is 5.41 Å². The summed E-state index contributed by atoms with van der Waals surface area (Å²) < 4.78 is 40.2. The van der Waals surface area contributed by atoms with Crippen LogP contribution in [0.15, 0.2) is 45.6 Å². The molecule has 0 atom stereocenters. The molecule has 9 heteroatoms. The van der Waals surface area contributed by atoms with Crippen LogP contribution in [-0.2, 0) is 6.54 Å². The maximum Gasteiger partial charge on any atom is 0.359 e. The molecule has 0 saturated carbocycles. The Bertz CT molecular complexity index is 1400. The zero-order valence-electron chi connectivity index (χ0n) is 14.9. The van der Waals surface area contributed by atoms with Crippen molar-refractivity contribution in [1.82, 2.24) is 4.57 Å². The minimum atomic E-state index is -0.841. The number of nitrogens with one attached hydrogen (secondary N) is 1. The van der Waals surface area contributed by atoms with Crippen molar-refractivity contribution in [3.8, 4) is 5.75 Å². The molecule has 4 aromatic rings. The normalized spacial score (nSPS) is 11.3. The Morgan fingerprint density at radius 1 is 1.24 bits per heavy atom. The first-order valence-corrected chi connectivity index (χ1v) is 9.78. The summed E-state index contributed by atoms with van der Waals surface area (Å²) in [5.74, 6) is -0.890. The van der Waals surface area contributed by atoms with E-state index in [1.54, 1.807) is 22.8 Å². The van der Waals surface area contributed by atoms with Crippen molar-refractivity contribution in [2.45, 2.75) is 6.54 Å². The number of benzene rings is 2. The summed E-state index contributed by atoms with van der Waals surface area (Å²) in [6.45, 7) is 0.202. The highest BCUT2D eigenvalue weighted by molar-refractivity contribution is 14.1. The van der Waals surface area contributed by atoms with Gasteiger partial charge in [-0.15, -0.1) is 0 Å². The van der Waals surface area contributed by atoms with Gasteiger partial charge in [-0.05, 0) is 52.4 Å². The van der Waals surface area contributed by atoms with Gasteiger partial charge in [0.25, 0.3) is 0 Å². The van der Waals surface area contributed by atoms with Crippen LogP contribution in [0.25, 0.3) is 21.9 Å². The van der Waals surface area contributed by atoms with Crippen LogP contribution < -0.4 is 15.9 Å². The molecular formula is C20H12ClF2IN2O3. The number of hydrogen-bond acceptors (Lipinski definition) is 4. The predicted octanol–water partition coefficient (Wildman–Crippen LogP) is 4.82. The van der Waals surface area contributed by atoms with Crippen molar-refractivity contribution in [3.05, 3.63) is 78.1 Å². The first-order chi connectivity index (χ1) is 13.8. The molecule has 4 rings (SSSR count). The molecule has 29 heavy (non-hydrogen) atoms. The van der Waals surface area contributed by atoms with Crippen LogP contribution in [0.2, 0.25) is 5.02 Å². The Kier molecular flexibility index (Phi) is 5.07. The molecule has 5 nitrogen and oxygen atoms in total. The summed E-state index contributed by atoms with van der Waals surface area (Å²) in [5.41, 5.74) is 0.341. The SMILES string of the molecule is COc1c(Cl)c(=O)oc2c1c(=N)n(Cc1ccc(F)cc1)c1cc(I)c(F)cc21. The van der Waals surface area contributed by atoms with E-state index in [1.807, 2.05) is 22.6 Å². The van der Waals surface area contributed by atoms with Gasteiger partial charge in [0, 0.05) is 11.9 Å². The Morgan fingerprint density at radius 2 is 1.93 bits per heavy atom. The van der Waals surface area contributed by atoms with Crippen LogP contribution in [0.5, 0.6) is 5.75 Å². The van der Waals surface area contributed by atoms with Crippen molar-refractivity contribution < 1.29 is 17.9 Å². The van der Waals surface area contributed by atoms with E-state index in [0.29, 0.717) is 14.5 Å². The second-order valence-electron chi connectivity index (χ2n) is 6.29. The number of aromatic nitrogens is 1. The number of pyridine rings is 1. The van der Waals surface area contributed by atoms with Gasteiger partial charge in [-0.25, -0.2) is 13.6 Å². The first-order valence-electron chi connectivity index (χ1n) is 8.32. The number of fused-ring (bicyclic) bond motifs is 3. The monoisotopic (exact) mass is 528 g/mol. The lowest BCUT2D eigenvalue weighted by molar-refractivity contribution is 0.412. The fourth-order valence-electron chi connectivity index (χ4n) is 3.22. The number of ether oxygens (including phenoxy) is 1. The van der Waals surface area contributed by atoms with E-state index in [0.717, 1.165) is 5.56 Å². The van der Waals surface area contributed by atoms with Crippen molar-refractivity contribution in [3.63, 3.8) is 0 Å². The molecule has 0 aliphatic rings. The van der Waals surface area contributed by atoms with Gasteiger partial charge in [-0.3, -0.25) is 5.41 Å². The zero-order chi connectivity index (χ0) is 20.9. The molecule has 0 spiro atoms. The van der Waals surface area contributed by atoms with Crippen molar-refractivity contribution in [2.75, 3.05) is 7.11 Å². The third-order valence-electron chi connectivity index (χ3n) is 4.57. The van der Waals surface area contributed by atoms with Gasteiger partial charge in [-0.1, -0.05) is 23.7 Å². The van der Waals surface area contributed by atoms with Gasteiger partial charge in [0.15, 0.2) is 16.4 Å². The molecule has 0 saturated heterocycles. The Balaban J connectivity index is 2.18. The van der Waals surface area contributed by atoms with Gasteiger partial charge in [0.2, 0.25) is 0 Å². The average molecular weight is 529 g/mol. The predicted molar refractivity (Wildman–Crippen MR) is 114 cm³/mol. The second-order valence-corrected chi connectivity index (χ2v) is 7.83. The van der Waals surface area contributed by atoms with Crippen LogP contribution in [0.3, 0.4) is 0 Å². The van der Waals surface area contributed by atoms with E-state index in [9.17, 15) is 13.6 Å². The summed E-state index contributed by atoms with van der Waals surface area (Å²) in [7, 11) is 1.32. The maximum absolute atomic E-state index is 14.4. The largest absolute Gasteiger partial charge is 0.494 e. The van der Waals surface area contributed by atoms with E-state index in [2.05, 4.69) is 0 Å². The lowest BCUT2D eigenvalue weighted by Crippen LogP contribution is -2.23. The Hall–Kier alpha value is -2.46. The minimum Gasteiger partial charge on any atom is -0.494 e. The second kappa shape index (κ2) is 7.42. The van der Waals surface area contributed by atoms with Crippen molar-refractivity contribution >= 4 is 56.1 Å². The number of halogens is 4. The lowest BCUT2D eigenvalue weighted by atomic mass is 10.1. The molecule has 1 N–H and O–H groups in total. The smallest absolute Gasteiger partial charge is 0.359 e. The molecule has 0 aliphatic carbocycles. The van der Waals surface area contributed by atoms with E-state index < -0.39 is 11.4 Å². The molecular weight excluding hydrogens is 517 g/mol. The number of hydrogen-bond donors (Lipinski definition) is 1. The van der Waals surface area contributed by atoms with Gasteiger partial charge in [0.05, 0.1) is 16.2 Å².